The number of aryl methyl sites for hydroxylation is 1. The third kappa shape index (κ3) is 3.59. The predicted molar refractivity (Wildman–Crippen MR) is 128 cm³/mol. The van der Waals surface area contributed by atoms with Crippen LogP contribution in [0.15, 0.2) is 48.7 Å². The Kier molecular flexibility index (Phi) is 5.80. The van der Waals surface area contributed by atoms with Gasteiger partial charge in [0.1, 0.15) is 0 Å². The summed E-state index contributed by atoms with van der Waals surface area (Å²) in [6.07, 6.45) is 1.83. The molecule has 4 nitrogen and oxygen atoms in total. The molecule has 2 aromatic heterocycles. The van der Waals surface area contributed by atoms with Crippen molar-refractivity contribution in [1.82, 2.24) is 19.8 Å². The Morgan fingerprint density at radius 1 is 1.10 bits per heavy atom. The van der Waals surface area contributed by atoms with Gasteiger partial charge in [-0.15, -0.1) is 0 Å². The van der Waals surface area contributed by atoms with Crippen LogP contribution in [0.2, 0.25) is 10.0 Å². The number of hydrogen-bond acceptors (Lipinski definition) is 2. The lowest BCUT2D eigenvalue weighted by molar-refractivity contribution is 0.269. The van der Waals surface area contributed by atoms with Crippen LogP contribution in [0.3, 0.4) is 0 Å². The van der Waals surface area contributed by atoms with Crippen molar-refractivity contribution < 1.29 is 0 Å². The number of halogens is 2. The van der Waals surface area contributed by atoms with Gasteiger partial charge in [0.15, 0.2) is 5.11 Å². The molecule has 0 radical (unpaired) electrons. The lowest BCUT2D eigenvalue weighted by Crippen LogP contribution is -2.35. The number of nitrogens with one attached hydrogen (secondary N) is 1. The second-order valence-electron chi connectivity index (χ2n) is 7.89. The number of benzene rings is 1. The van der Waals surface area contributed by atoms with Crippen LogP contribution in [0.5, 0.6) is 0 Å². The van der Waals surface area contributed by atoms with Gasteiger partial charge in [-0.25, -0.2) is 0 Å². The number of nitrogens with zero attached hydrogens (tertiary/aromatic N) is 3. The zero-order chi connectivity index (χ0) is 21.6. The first kappa shape index (κ1) is 21.2. The largest absolute Gasteiger partial charge is 0.352 e. The zero-order valence-electron chi connectivity index (χ0n) is 17.4. The smallest absolute Gasteiger partial charge is 0.170 e. The second-order valence-corrected chi connectivity index (χ2v) is 9.12. The summed E-state index contributed by atoms with van der Waals surface area (Å²) in [5, 5.41) is 5.50. The molecule has 0 saturated carbocycles. The Morgan fingerprint density at radius 3 is 2.50 bits per heavy atom. The molecule has 3 heterocycles. The monoisotopic (exact) mass is 458 g/mol. The number of pyridine rings is 1. The normalized spacial score (nSPS) is 18.9. The first-order valence-corrected chi connectivity index (χ1v) is 11.1. The van der Waals surface area contributed by atoms with E-state index in [4.69, 9.17) is 35.4 Å². The summed E-state index contributed by atoms with van der Waals surface area (Å²) in [7, 11) is 0. The van der Waals surface area contributed by atoms with E-state index in [-0.39, 0.29) is 18.1 Å². The van der Waals surface area contributed by atoms with Crippen molar-refractivity contribution in [1.29, 1.82) is 0 Å². The molecule has 1 aliphatic rings. The van der Waals surface area contributed by atoms with Gasteiger partial charge in [-0.2, -0.15) is 0 Å². The number of aromatic nitrogens is 2. The molecule has 3 aromatic rings. The Hall–Kier alpha value is -2.08. The number of hydrogen-bond donors (Lipinski definition) is 1. The number of thiocarbonyl (C=S) groups is 1. The molecule has 7 heteroatoms. The molecule has 0 spiro atoms. The average molecular weight is 459 g/mol. The molecule has 0 amide bonds. The summed E-state index contributed by atoms with van der Waals surface area (Å²) in [6.45, 7) is 8.55. The maximum atomic E-state index is 6.54. The lowest BCUT2D eigenvalue weighted by atomic mass is 9.96. The van der Waals surface area contributed by atoms with Crippen molar-refractivity contribution in [3.05, 3.63) is 81.4 Å². The van der Waals surface area contributed by atoms with Crippen LogP contribution in [0.4, 0.5) is 0 Å². The van der Waals surface area contributed by atoms with E-state index in [0.717, 1.165) is 27.9 Å². The molecule has 0 aliphatic carbocycles. The summed E-state index contributed by atoms with van der Waals surface area (Å²) in [5.74, 6) is 0. The minimum absolute atomic E-state index is 0.0263. The van der Waals surface area contributed by atoms with Crippen molar-refractivity contribution in [2.45, 2.75) is 45.8 Å². The summed E-state index contributed by atoms with van der Waals surface area (Å²) >= 11 is 18.4. The Labute approximate surface area is 192 Å². The molecule has 1 aliphatic heterocycles. The van der Waals surface area contributed by atoms with E-state index in [1.165, 1.54) is 5.56 Å². The van der Waals surface area contributed by atoms with Crippen LogP contribution in [-0.2, 0) is 0 Å². The molecule has 1 saturated heterocycles. The van der Waals surface area contributed by atoms with Crippen molar-refractivity contribution in [2.24, 2.45) is 0 Å². The van der Waals surface area contributed by atoms with Crippen LogP contribution < -0.4 is 5.32 Å². The molecule has 30 heavy (non-hydrogen) atoms. The van der Waals surface area contributed by atoms with Crippen molar-refractivity contribution in [3.8, 4) is 5.69 Å². The SMILES string of the molecule is Cc1cc(C2C(c3ccccn3)NC(=S)N2C(C)C)c(C)n1-c1ccc(Cl)cc1Cl. The average Bonchev–Trinajstić information content (AvgIpc) is 3.19. The van der Waals surface area contributed by atoms with E-state index >= 15 is 0 Å². The molecule has 1 fully saturated rings. The predicted octanol–water partition coefficient (Wildman–Crippen LogP) is 6.18. The van der Waals surface area contributed by atoms with Crippen LogP contribution in [0.25, 0.3) is 5.69 Å². The van der Waals surface area contributed by atoms with Gasteiger partial charge in [0.25, 0.3) is 0 Å². The third-order valence-electron chi connectivity index (χ3n) is 5.63. The molecule has 1 N–H and O–H groups in total. The summed E-state index contributed by atoms with van der Waals surface area (Å²) in [5.41, 5.74) is 5.33. The topological polar surface area (TPSA) is 33.1 Å². The summed E-state index contributed by atoms with van der Waals surface area (Å²) < 4.78 is 2.18. The quantitative estimate of drug-likeness (QED) is 0.473. The zero-order valence-corrected chi connectivity index (χ0v) is 19.7. The van der Waals surface area contributed by atoms with Crippen molar-refractivity contribution in [3.63, 3.8) is 0 Å². The highest BCUT2D eigenvalue weighted by molar-refractivity contribution is 7.80. The highest BCUT2D eigenvalue weighted by atomic mass is 35.5. The lowest BCUT2D eigenvalue weighted by Gasteiger charge is -2.31. The van der Waals surface area contributed by atoms with Crippen molar-refractivity contribution >= 4 is 40.5 Å². The van der Waals surface area contributed by atoms with Gasteiger partial charge < -0.3 is 14.8 Å². The van der Waals surface area contributed by atoms with Crippen LogP contribution in [-0.4, -0.2) is 25.6 Å². The van der Waals surface area contributed by atoms with E-state index in [9.17, 15) is 0 Å². The van der Waals surface area contributed by atoms with Crippen LogP contribution in [0, 0.1) is 13.8 Å². The van der Waals surface area contributed by atoms with Gasteiger partial charge in [-0.1, -0.05) is 29.3 Å². The maximum Gasteiger partial charge on any atom is 0.170 e. The third-order valence-corrected chi connectivity index (χ3v) is 6.50. The molecule has 0 bridgehead atoms. The molecule has 2 atom stereocenters. The van der Waals surface area contributed by atoms with E-state index in [2.05, 4.69) is 53.5 Å². The van der Waals surface area contributed by atoms with E-state index in [0.29, 0.717) is 10.0 Å². The Bertz CT molecular complexity index is 1090. The Balaban J connectivity index is 1.87. The molecule has 4 rings (SSSR count). The standard InChI is InChI=1S/C23H24Cl2N4S/c1-13(2)28-22(21(27-23(28)30)19-7-5-6-10-26-19)17-11-14(3)29(15(17)4)20-9-8-16(24)12-18(20)25/h5-13,21-22H,1-4H3,(H,27,30). The summed E-state index contributed by atoms with van der Waals surface area (Å²) in [4.78, 5) is 6.88. The van der Waals surface area contributed by atoms with Gasteiger partial charge in [-0.05, 0) is 81.9 Å². The fourth-order valence-corrected chi connectivity index (χ4v) is 5.32. The second kappa shape index (κ2) is 8.22. The minimum Gasteiger partial charge on any atom is -0.352 e. The van der Waals surface area contributed by atoms with Gasteiger partial charge in [0.05, 0.1) is 28.5 Å². The van der Waals surface area contributed by atoms with E-state index in [1.54, 1.807) is 6.07 Å². The van der Waals surface area contributed by atoms with Gasteiger partial charge in [0, 0.05) is 28.6 Å². The molecule has 156 valence electrons. The van der Waals surface area contributed by atoms with Gasteiger partial charge >= 0.3 is 0 Å². The summed E-state index contributed by atoms with van der Waals surface area (Å²) in [6, 6.07) is 14.1. The van der Waals surface area contributed by atoms with Crippen molar-refractivity contribution in [2.75, 3.05) is 0 Å². The van der Waals surface area contributed by atoms with E-state index in [1.807, 2.05) is 36.5 Å². The van der Waals surface area contributed by atoms with E-state index < -0.39 is 0 Å². The molecule has 2 unspecified atom stereocenters. The number of rotatable bonds is 4. The highest BCUT2D eigenvalue weighted by Gasteiger charge is 2.42. The molecule has 1 aromatic carbocycles. The van der Waals surface area contributed by atoms with Gasteiger partial charge in [-0.3, -0.25) is 4.98 Å². The first-order chi connectivity index (χ1) is 14.3. The fraction of sp³-hybridized carbons (Fsp3) is 0.304. The highest BCUT2D eigenvalue weighted by Crippen LogP contribution is 2.42. The fourth-order valence-electron chi connectivity index (χ4n) is 4.37. The van der Waals surface area contributed by atoms with Gasteiger partial charge in [0.2, 0.25) is 0 Å². The van der Waals surface area contributed by atoms with Crippen LogP contribution >= 0.6 is 35.4 Å². The minimum atomic E-state index is -0.0317. The Morgan fingerprint density at radius 2 is 1.87 bits per heavy atom. The van der Waals surface area contributed by atoms with Crippen LogP contribution in [0.1, 0.15) is 48.6 Å². The molecular formula is C23H24Cl2N4S. The first-order valence-electron chi connectivity index (χ1n) is 9.93. The molecular weight excluding hydrogens is 435 g/mol. The maximum absolute atomic E-state index is 6.54.